The van der Waals surface area contributed by atoms with Crippen molar-refractivity contribution in [2.75, 3.05) is 0 Å². The van der Waals surface area contributed by atoms with Gasteiger partial charge in [-0.15, -0.1) is 0 Å². The highest BCUT2D eigenvalue weighted by Gasteiger charge is 2.23. The average Bonchev–Trinajstić information content (AvgIpc) is 2.29. The molecule has 0 saturated heterocycles. The average molecular weight is 211 g/mol. The lowest BCUT2D eigenvalue weighted by atomic mass is 9.85. The molecule has 1 nitrogen and oxygen atoms in total. The van der Waals surface area contributed by atoms with Gasteiger partial charge in [0.25, 0.3) is 0 Å². The number of fused-ring (bicyclic) bond motifs is 1. The molecule has 3 aliphatic rings. The molecule has 1 unspecified atom stereocenters. The maximum Gasteiger partial charge on any atom is 0.0477 e. The summed E-state index contributed by atoms with van der Waals surface area (Å²) in [5.41, 5.74) is 4.19. The zero-order valence-electron chi connectivity index (χ0n) is 9.45. The molecule has 0 spiro atoms. The fourth-order valence-electron chi connectivity index (χ4n) is 2.64. The highest BCUT2D eigenvalue weighted by atomic mass is 14.9. The summed E-state index contributed by atoms with van der Waals surface area (Å²) in [6.07, 6.45) is 20.4. The van der Waals surface area contributed by atoms with Gasteiger partial charge in [0.05, 0.1) is 0 Å². The predicted molar refractivity (Wildman–Crippen MR) is 67.9 cm³/mol. The van der Waals surface area contributed by atoms with E-state index in [-0.39, 0.29) is 0 Å². The fraction of sp³-hybridized carbons (Fsp3) is 0.333. The van der Waals surface area contributed by atoms with Crippen LogP contribution in [0.1, 0.15) is 25.7 Å². The molecule has 1 heterocycles. The van der Waals surface area contributed by atoms with Crippen LogP contribution in [0.2, 0.25) is 0 Å². The van der Waals surface area contributed by atoms with Crippen LogP contribution in [0.25, 0.3) is 0 Å². The Kier molecular flexibility index (Phi) is 2.53. The van der Waals surface area contributed by atoms with Crippen LogP contribution in [0.5, 0.6) is 0 Å². The lowest BCUT2D eigenvalue weighted by molar-refractivity contribution is 0.481. The van der Waals surface area contributed by atoms with E-state index < -0.39 is 0 Å². The van der Waals surface area contributed by atoms with E-state index in [2.05, 4.69) is 47.8 Å². The van der Waals surface area contributed by atoms with E-state index in [4.69, 9.17) is 0 Å². The molecular weight excluding hydrogens is 194 g/mol. The van der Waals surface area contributed by atoms with Crippen LogP contribution in [0.3, 0.4) is 0 Å². The molecule has 1 saturated carbocycles. The Bertz CT molecular complexity index is 432. The summed E-state index contributed by atoms with van der Waals surface area (Å²) in [6.45, 7) is 0. The van der Waals surface area contributed by atoms with Crippen LogP contribution in [0, 0.1) is 0 Å². The van der Waals surface area contributed by atoms with Gasteiger partial charge in [-0.05, 0) is 36.5 Å². The van der Waals surface area contributed by atoms with Crippen molar-refractivity contribution in [2.24, 2.45) is 0 Å². The largest absolute Gasteiger partial charge is 0.378 e. The molecule has 16 heavy (non-hydrogen) atoms. The number of rotatable bonds is 0. The van der Waals surface area contributed by atoms with E-state index in [1.54, 1.807) is 5.57 Å². The summed E-state index contributed by atoms with van der Waals surface area (Å²) in [5.74, 6) is 0. The molecule has 3 rings (SSSR count). The Morgan fingerprint density at radius 1 is 1.00 bits per heavy atom. The van der Waals surface area contributed by atoms with Crippen LogP contribution in [0.15, 0.2) is 59.4 Å². The molecule has 0 aromatic heterocycles. The summed E-state index contributed by atoms with van der Waals surface area (Å²) in [7, 11) is 0. The van der Waals surface area contributed by atoms with E-state index in [0.717, 1.165) is 0 Å². The van der Waals surface area contributed by atoms with Crippen molar-refractivity contribution in [2.45, 2.75) is 31.7 Å². The topological polar surface area (TPSA) is 12.0 Å². The maximum absolute atomic E-state index is 3.66. The molecule has 2 aliphatic carbocycles. The standard InChI is InChI=1S/C15H17N/c1-2-4-9-14-12(7-3-1)11-13-8-5-6-10-15(13)16-14/h1-4,7,9,11,15-16H,5-6,8,10H2. The van der Waals surface area contributed by atoms with Gasteiger partial charge in [0.1, 0.15) is 0 Å². The van der Waals surface area contributed by atoms with E-state index in [0.29, 0.717) is 6.04 Å². The number of allylic oxidation sites excluding steroid dienone is 8. The van der Waals surface area contributed by atoms with Crippen LogP contribution in [-0.2, 0) is 0 Å². The van der Waals surface area contributed by atoms with Gasteiger partial charge in [0.2, 0.25) is 0 Å². The second kappa shape index (κ2) is 4.17. The Balaban J connectivity index is 1.96. The molecule has 0 bridgehead atoms. The number of dihydropyridines is 1. The third kappa shape index (κ3) is 1.78. The minimum atomic E-state index is 0.592. The summed E-state index contributed by atoms with van der Waals surface area (Å²) in [6, 6.07) is 0.592. The number of nitrogens with one attached hydrogen (secondary N) is 1. The minimum absolute atomic E-state index is 0.592. The van der Waals surface area contributed by atoms with Gasteiger partial charge in [0.15, 0.2) is 0 Å². The van der Waals surface area contributed by atoms with E-state index in [1.807, 2.05) is 0 Å². The second-order valence-corrected chi connectivity index (χ2v) is 4.63. The molecule has 1 fully saturated rings. The first-order valence-corrected chi connectivity index (χ1v) is 6.16. The molecular formula is C15H17N. The van der Waals surface area contributed by atoms with Crippen LogP contribution < -0.4 is 5.32 Å². The van der Waals surface area contributed by atoms with Crippen molar-refractivity contribution in [3.05, 3.63) is 59.4 Å². The highest BCUT2D eigenvalue weighted by molar-refractivity contribution is 5.48. The molecule has 0 radical (unpaired) electrons. The Morgan fingerprint density at radius 2 is 1.88 bits per heavy atom. The third-order valence-corrected chi connectivity index (χ3v) is 3.51. The normalized spacial score (nSPS) is 27.5. The van der Waals surface area contributed by atoms with Gasteiger partial charge in [0, 0.05) is 11.7 Å². The third-order valence-electron chi connectivity index (χ3n) is 3.51. The van der Waals surface area contributed by atoms with Crippen LogP contribution in [0.4, 0.5) is 0 Å². The van der Waals surface area contributed by atoms with Crippen molar-refractivity contribution >= 4 is 0 Å². The van der Waals surface area contributed by atoms with Gasteiger partial charge in [-0.3, -0.25) is 0 Å². The predicted octanol–water partition coefficient (Wildman–Crippen LogP) is 3.39. The smallest absolute Gasteiger partial charge is 0.0477 e. The fourth-order valence-corrected chi connectivity index (χ4v) is 2.64. The maximum atomic E-state index is 3.66. The summed E-state index contributed by atoms with van der Waals surface area (Å²) in [4.78, 5) is 0. The summed E-state index contributed by atoms with van der Waals surface area (Å²) < 4.78 is 0. The molecule has 1 N–H and O–H groups in total. The Hall–Kier alpha value is -1.50. The van der Waals surface area contributed by atoms with Gasteiger partial charge < -0.3 is 5.32 Å². The lowest BCUT2D eigenvalue weighted by Crippen LogP contribution is -2.35. The quantitative estimate of drug-likeness (QED) is 0.647. The van der Waals surface area contributed by atoms with Gasteiger partial charge in [-0.2, -0.15) is 0 Å². The Morgan fingerprint density at radius 3 is 2.81 bits per heavy atom. The van der Waals surface area contributed by atoms with Crippen molar-refractivity contribution in [3.63, 3.8) is 0 Å². The second-order valence-electron chi connectivity index (χ2n) is 4.63. The highest BCUT2D eigenvalue weighted by Crippen LogP contribution is 2.30. The van der Waals surface area contributed by atoms with E-state index >= 15 is 0 Å². The van der Waals surface area contributed by atoms with Gasteiger partial charge in [-0.25, -0.2) is 0 Å². The molecule has 0 aromatic carbocycles. The molecule has 1 aliphatic heterocycles. The SMILES string of the molecule is C1=CC=CC2=C(C=C1)C=C1CCCCC1N2. The van der Waals surface area contributed by atoms with Crippen LogP contribution in [-0.4, -0.2) is 6.04 Å². The lowest BCUT2D eigenvalue weighted by Gasteiger charge is -2.32. The van der Waals surface area contributed by atoms with E-state index in [9.17, 15) is 0 Å². The van der Waals surface area contributed by atoms with Gasteiger partial charge >= 0.3 is 0 Å². The summed E-state index contributed by atoms with van der Waals surface area (Å²) in [5, 5.41) is 3.66. The first kappa shape index (κ1) is 9.71. The molecule has 1 heteroatoms. The molecule has 1 atom stereocenters. The zero-order valence-corrected chi connectivity index (χ0v) is 9.45. The van der Waals surface area contributed by atoms with Crippen molar-refractivity contribution in [3.8, 4) is 0 Å². The monoisotopic (exact) mass is 211 g/mol. The van der Waals surface area contributed by atoms with Gasteiger partial charge in [-0.1, -0.05) is 42.9 Å². The Labute approximate surface area is 96.9 Å². The first-order chi connectivity index (χ1) is 7.93. The zero-order chi connectivity index (χ0) is 10.8. The minimum Gasteiger partial charge on any atom is -0.378 e. The number of hydrogen-bond acceptors (Lipinski definition) is 1. The number of hydrogen-bond donors (Lipinski definition) is 1. The van der Waals surface area contributed by atoms with Crippen molar-refractivity contribution in [1.82, 2.24) is 5.32 Å². The van der Waals surface area contributed by atoms with Crippen molar-refractivity contribution in [1.29, 1.82) is 0 Å². The van der Waals surface area contributed by atoms with Crippen LogP contribution >= 0.6 is 0 Å². The first-order valence-electron chi connectivity index (χ1n) is 6.16. The molecule has 0 aromatic rings. The molecule has 82 valence electrons. The molecule has 0 amide bonds. The van der Waals surface area contributed by atoms with E-state index in [1.165, 1.54) is 37.0 Å². The summed E-state index contributed by atoms with van der Waals surface area (Å²) >= 11 is 0. The van der Waals surface area contributed by atoms with Crippen molar-refractivity contribution < 1.29 is 0 Å².